The molecule has 0 atom stereocenters. The Morgan fingerprint density at radius 3 is 2.47 bits per heavy atom. The van der Waals surface area contributed by atoms with Crippen LogP contribution in [0, 0.1) is 18.3 Å². The molecule has 0 bridgehead atoms. The SMILES string of the molecule is Cc1c(C#N)c(O)cn1-c1ccccc1. The Balaban J connectivity index is 2.62. The fraction of sp³-hybridized carbons (Fsp3) is 0.0833. The number of nitrogens with zero attached hydrogens (tertiary/aromatic N) is 2. The lowest BCUT2D eigenvalue weighted by Crippen LogP contribution is -1.94. The van der Waals surface area contributed by atoms with Gasteiger partial charge in [0.25, 0.3) is 0 Å². The van der Waals surface area contributed by atoms with Gasteiger partial charge in [-0.3, -0.25) is 0 Å². The molecule has 3 heteroatoms. The number of hydrogen-bond acceptors (Lipinski definition) is 2. The quantitative estimate of drug-likeness (QED) is 0.764. The van der Waals surface area contributed by atoms with E-state index in [4.69, 9.17) is 5.26 Å². The Morgan fingerprint density at radius 1 is 1.27 bits per heavy atom. The van der Waals surface area contributed by atoms with E-state index in [-0.39, 0.29) is 5.75 Å². The molecule has 0 unspecified atom stereocenters. The molecule has 0 aliphatic rings. The van der Waals surface area contributed by atoms with Gasteiger partial charge in [0.05, 0.1) is 6.20 Å². The first-order chi connectivity index (χ1) is 7.24. The van der Waals surface area contributed by atoms with Crippen LogP contribution in [-0.2, 0) is 0 Å². The molecule has 0 radical (unpaired) electrons. The summed E-state index contributed by atoms with van der Waals surface area (Å²) in [6.07, 6.45) is 1.56. The molecule has 1 aromatic heterocycles. The Morgan fingerprint density at radius 2 is 1.93 bits per heavy atom. The number of para-hydroxylation sites is 1. The number of aromatic nitrogens is 1. The zero-order chi connectivity index (χ0) is 10.8. The highest BCUT2D eigenvalue weighted by Crippen LogP contribution is 2.25. The van der Waals surface area contributed by atoms with E-state index in [1.165, 1.54) is 0 Å². The van der Waals surface area contributed by atoms with Gasteiger partial charge >= 0.3 is 0 Å². The Kier molecular flexibility index (Phi) is 2.18. The molecular weight excluding hydrogens is 188 g/mol. The van der Waals surface area contributed by atoms with Crippen LogP contribution in [0.3, 0.4) is 0 Å². The standard InChI is InChI=1S/C12H10N2O/c1-9-11(7-13)12(15)8-14(9)10-5-3-2-4-6-10/h2-6,8,15H,1H3. The zero-order valence-electron chi connectivity index (χ0n) is 8.31. The summed E-state index contributed by atoms with van der Waals surface area (Å²) in [6.45, 7) is 1.81. The van der Waals surface area contributed by atoms with Crippen LogP contribution in [0.5, 0.6) is 5.75 Å². The third-order valence-electron chi connectivity index (χ3n) is 2.38. The van der Waals surface area contributed by atoms with Crippen LogP contribution in [0.2, 0.25) is 0 Å². The molecule has 0 fully saturated rings. The van der Waals surface area contributed by atoms with Gasteiger partial charge in [-0.1, -0.05) is 18.2 Å². The van der Waals surface area contributed by atoms with Crippen LogP contribution >= 0.6 is 0 Å². The largest absolute Gasteiger partial charge is 0.505 e. The lowest BCUT2D eigenvalue weighted by Gasteiger charge is -2.04. The van der Waals surface area contributed by atoms with Crippen molar-refractivity contribution >= 4 is 0 Å². The topological polar surface area (TPSA) is 48.9 Å². The highest BCUT2D eigenvalue weighted by atomic mass is 16.3. The molecule has 0 aliphatic carbocycles. The number of aromatic hydroxyl groups is 1. The molecule has 1 aromatic carbocycles. The molecule has 0 aliphatic heterocycles. The van der Waals surface area contributed by atoms with Crippen molar-refractivity contribution in [3.63, 3.8) is 0 Å². The maximum atomic E-state index is 9.53. The minimum Gasteiger partial charge on any atom is -0.505 e. The van der Waals surface area contributed by atoms with Crippen molar-refractivity contribution in [2.45, 2.75) is 6.92 Å². The highest BCUT2D eigenvalue weighted by Gasteiger charge is 2.11. The van der Waals surface area contributed by atoms with Crippen LogP contribution in [0.4, 0.5) is 0 Å². The first-order valence-electron chi connectivity index (χ1n) is 4.60. The lowest BCUT2D eigenvalue weighted by atomic mass is 10.2. The van der Waals surface area contributed by atoms with Gasteiger partial charge in [0.2, 0.25) is 0 Å². The first-order valence-corrected chi connectivity index (χ1v) is 4.60. The Bertz CT molecular complexity index is 521. The molecule has 1 heterocycles. The van der Waals surface area contributed by atoms with E-state index in [0.29, 0.717) is 5.56 Å². The second-order valence-electron chi connectivity index (χ2n) is 3.29. The van der Waals surface area contributed by atoms with E-state index in [9.17, 15) is 5.11 Å². The van der Waals surface area contributed by atoms with Gasteiger partial charge in [-0.25, -0.2) is 0 Å². The maximum absolute atomic E-state index is 9.53. The molecule has 15 heavy (non-hydrogen) atoms. The average molecular weight is 198 g/mol. The number of rotatable bonds is 1. The zero-order valence-corrected chi connectivity index (χ0v) is 8.31. The fourth-order valence-electron chi connectivity index (χ4n) is 1.58. The predicted octanol–water partition coefficient (Wildman–Crippen LogP) is 2.36. The van der Waals surface area contributed by atoms with Gasteiger partial charge in [0.15, 0.2) is 5.75 Å². The van der Waals surface area contributed by atoms with E-state index in [0.717, 1.165) is 11.4 Å². The molecule has 74 valence electrons. The number of benzene rings is 1. The minimum atomic E-state index is 0.0267. The van der Waals surface area contributed by atoms with Gasteiger partial charge < -0.3 is 9.67 Å². The van der Waals surface area contributed by atoms with E-state index in [1.54, 1.807) is 10.8 Å². The summed E-state index contributed by atoms with van der Waals surface area (Å²) in [5, 5.41) is 18.4. The van der Waals surface area contributed by atoms with E-state index < -0.39 is 0 Å². The summed E-state index contributed by atoms with van der Waals surface area (Å²) in [5.41, 5.74) is 2.02. The molecule has 2 aromatic rings. The molecule has 1 N–H and O–H groups in total. The van der Waals surface area contributed by atoms with Gasteiger partial charge in [-0.15, -0.1) is 0 Å². The van der Waals surface area contributed by atoms with Crippen LogP contribution in [-0.4, -0.2) is 9.67 Å². The second kappa shape index (κ2) is 3.50. The smallest absolute Gasteiger partial charge is 0.151 e. The third kappa shape index (κ3) is 1.46. The normalized spacial score (nSPS) is 9.87. The van der Waals surface area contributed by atoms with Crippen molar-refractivity contribution in [2.24, 2.45) is 0 Å². The summed E-state index contributed by atoms with van der Waals surface area (Å²) in [4.78, 5) is 0. The summed E-state index contributed by atoms with van der Waals surface area (Å²) in [5.74, 6) is 0.0267. The molecular formula is C12H10N2O. The van der Waals surface area contributed by atoms with Crippen molar-refractivity contribution in [1.82, 2.24) is 4.57 Å². The summed E-state index contributed by atoms with van der Waals surface area (Å²) < 4.78 is 1.80. The molecule has 2 rings (SSSR count). The predicted molar refractivity (Wildman–Crippen MR) is 56.9 cm³/mol. The van der Waals surface area contributed by atoms with E-state index in [2.05, 4.69) is 0 Å². The molecule has 0 spiro atoms. The first kappa shape index (κ1) is 9.35. The average Bonchev–Trinajstić information content (AvgIpc) is 2.55. The van der Waals surface area contributed by atoms with Gasteiger partial charge in [-0.2, -0.15) is 5.26 Å². The van der Waals surface area contributed by atoms with Crippen molar-refractivity contribution in [3.05, 3.63) is 47.8 Å². The van der Waals surface area contributed by atoms with Crippen LogP contribution in [0.15, 0.2) is 36.5 Å². The molecule has 0 saturated heterocycles. The fourth-order valence-corrected chi connectivity index (χ4v) is 1.58. The molecule has 0 amide bonds. The summed E-state index contributed by atoms with van der Waals surface area (Å²) >= 11 is 0. The lowest BCUT2D eigenvalue weighted by molar-refractivity contribution is 0.474. The van der Waals surface area contributed by atoms with Crippen LogP contribution in [0.1, 0.15) is 11.3 Å². The number of hydrogen-bond donors (Lipinski definition) is 1. The van der Waals surface area contributed by atoms with Crippen molar-refractivity contribution in [3.8, 4) is 17.5 Å². The van der Waals surface area contributed by atoms with E-state index >= 15 is 0 Å². The highest BCUT2D eigenvalue weighted by molar-refractivity contribution is 5.50. The van der Waals surface area contributed by atoms with Crippen molar-refractivity contribution in [2.75, 3.05) is 0 Å². The van der Waals surface area contributed by atoms with Gasteiger partial charge in [-0.05, 0) is 19.1 Å². The second-order valence-corrected chi connectivity index (χ2v) is 3.29. The van der Waals surface area contributed by atoms with Crippen molar-refractivity contribution in [1.29, 1.82) is 5.26 Å². The molecule has 3 nitrogen and oxygen atoms in total. The number of nitriles is 1. The monoisotopic (exact) mass is 198 g/mol. The Hall–Kier alpha value is -2.21. The summed E-state index contributed by atoms with van der Waals surface area (Å²) in [7, 11) is 0. The van der Waals surface area contributed by atoms with Crippen LogP contribution in [0.25, 0.3) is 5.69 Å². The maximum Gasteiger partial charge on any atom is 0.151 e. The molecule has 0 saturated carbocycles. The van der Waals surface area contributed by atoms with Crippen molar-refractivity contribution < 1.29 is 5.11 Å². The van der Waals surface area contributed by atoms with Gasteiger partial charge in [0, 0.05) is 11.4 Å². The van der Waals surface area contributed by atoms with E-state index in [1.807, 2.05) is 43.3 Å². The minimum absolute atomic E-state index is 0.0267. The third-order valence-corrected chi connectivity index (χ3v) is 2.38. The Labute approximate surface area is 87.8 Å². The summed E-state index contributed by atoms with van der Waals surface area (Å²) in [6, 6.07) is 11.6. The van der Waals surface area contributed by atoms with Gasteiger partial charge in [0.1, 0.15) is 11.6 Å². The van der Waals surface area contributed by atoms with Crippen LogP contribution < -0.4 is 0 Å².